The van der Waals surface area contributed by atoms with Crippen LogP contribution in [-0.2, 0) is 0 Å². The zero-order valence-electron chi connectivity index (χ0n) is 16.7. The van der Waals surface area contributed by atoms with E-state index in [1.165, 1.54) is 27.4 Å². The third-order valence-electron chi connectivity index (χ3n) is 4.35. The maximum absolute atomic E-state index is 12.6. The molecule has 1 N–H and O–H groups in total. The van der Waals surface area contributed by atoms with Crippen molar-refractivity contribution in [3.63, 3.8) is 0 Å². The van der Waals surface area contributed by atoms with Crippen LogP contribution < -0.4 is 18.9 Å². The predicted molar refractivity (Wildman–Crippen MR) is 110 cm³/mol. The van der Waals surface area contributed by atoms with E-state index < -0.39 is 0 Å². The number of carbonyl (C=O) groups excluding carboxylic acids is 1. The molecule has 7 heteroatoms. The Morgan fingerprint density at radius 3 is 2.10 bits per heavy atom. The summed E-state index contributed by atoms with van der Waals surface area (Å²) in [5.41, 5.74) is 2.84. The lowest BCUT2D eigenvalue weighted by Gasteiger charge is -2.13. The van der Waals surface area contributed by atoms with Crippen molar-refractivity contribution in [3.8, 4) is 34.3 Å². The molecule has 0 saturated carbocycles. The number of hydrogen-bond acceptors (Lipinski definition) is 6. The van der Waals surface area contributed by atoms with Crippen molar-refractivity contribution in [1.29, 1.82) is 0 Å². The molecule has 0 aliphatic heterocycles. The van der Waals surface area contributed by atoms with Crippen LogP contribution in [-0.4, -0.2) is 44.4 Å². The molecule has 1 aromatic heterocycles. The lowest BCUT2D eigenvalue weighted by Crippen LogP contribution is -2.00. The van der Waals surface area contributed by atoms with Crippen LogP contribution in [0.2, 0.25) is 0 Å². The summed E-state index contributed by atoms with van der Waals surface area (Å²) in [7, 11) is 6.15. The van der Waals surface area contributed by atoms with Crippen LogP contribution in [0.3, 0.4) is 0 Å². The summed E-state index contributed by atoms with van der Waals surface area (Å²) in [5.74, 6) is 1.86. The van der Waals surface area contributed by atoms with Gasteiger partial charge < -0.3 is 18.9 Å². The van der Waals surface area contributed by atoms with E-state index in [1.807, 2.05) is 30.3 Å². The van der Waals surface area contributed by atoms with E-state index >= 15 is 0 Å². The van der Waals surface area contributed by atoms with Crippen molar-refractivity contribution in [2.45, 2.75) is 0 Å². The van der Waals surface area contributed by atoms with E-state index in [1.54, 1.807) is 25.3 Å². The number of nitrogens with zero attached hydrogens (tertiary/aromatic N) is 1. The van der Waals surface area contributed by atoms with Crippen molar-refractivity contribution in [1.82, 2.24) is 10.2 Å². The van der Waals surface area contributed by atoms with E-state index in [0.717, 1.165) is 17.0 Å². The maximum atomic E-state index is 12.6. The second-order valence-corrected chi connectivity index (χ2v) is 6.05. The summed E-state index contributed by atoms with van der Waals surface area (Å²) in [4.78, 5) is 12.6. The highest BCUT2D eigenvalue weighted by Gasteiger charge is 2.15. The van der Waals surface area contributed by atoms with Gasteiger partial charge >= 0.3 is 0 Å². The summed E-state index contributed by atoms with van der Waals surface area (Å²) in [6, 6.07) is 12.7. The Balaban J connectivity index is 1.80. The summed E-state index contributed by atoms with van der Waals surface area (Å²) < 4.78 is 21.0. The van der Waals surface area contributed by atoms with Gasteiger partial charge in [-0.3, -0.25) is 9.89 Å². The normalized spacial score (nSPS) is 10.8. The van der Waals surface area contributed by atoms with E-state index in [2.05, 4.69) is 10.2 Å². The number of H-pyrrole nitrogens is 1. The van der Waals surface area contributed by atoms with Crippen molar-refractivity contribution in [2.24, 2.45) is 0 Å². The Morgan fingerprint density at radius 2 is 1.55 bits per heavy atom. The van der Waals surface area contributed by atoms with Crippen molar-refractivity contribution < 1.29 is 23.7 Å². The molecule has 0 radical (unpaired) electrons. The van der Waals surface area contributed by atoms with Gasteiger partial charge in [-0.05, 0) is 54.6 Å². The Morgan fingerprint density at radius 1 is 0.897 bits per heavy atom. The van der Waals surface area contributed by atoms with Crippen LogP contribution >= 0.6 is 0 Å². The molecular formula is C22H22N2O5. The molecular weight excluding hydrogens is 372 g/mol. The van der Waals surface area contributed by atoms with Crippen LogP contribution in [0.1, 0.15) is 16.1 Å². The highest BCUT2D eigenvalue weighted by Crippen LogP contribution is 2.38. The fourth-order valence-electron chi connectivity index (χ4n) is 2.82. The fourth-order valence-corrected chi connectivity index (χ4v) is 2.82. The predicted octanol–water partition coefficient (Wildman–Crippen LogP) is 4.01. The molecule has 0 saturated heterocycles. The molecule has 3 rings (SSSR count). The molecule has 7 nitrogen and oxygen atoms in total. The quantitative estimate of drug-likeness (QED) is 0.459. The van der Waals surface area contributed by atoms with Gasteiger partial charge in [0, 0.05) is 11.1 Å². The molecule has 0 amide bonds. The Hall–Kier alpha value is -3.74. The van der Waals surface area contributed by atoms with E-state index in [-0.39, 0.29) is 5.78 Å². The first-order valence-corrected chi connectivity index (χ1v) is 8.81. The van der Waals surface area contributed by atoms with Crippen LogP contribution in [0.4, 0.5) is 0 Å². The highest BCUT2D eigenvalue weighted by atomic mass is 16.5. The first-order valence-electron chi connectivity index (χ1n) is 8.81. The number of allylic oxidation sites excluding steroid dienone is 1. The number of carbonyl (C=O) groups is 1. The fraction of sp³-hybridized carbons (Fsp3) is 0.182. The van der Waals surface area contributed by atoms with Crippen LogP contribution in [0.25, 0.3) is 17.3 Å². The molecule has 150 valence electrons. The number of ketones is 1. The van der Waals surface area contributed by atoms with Gasteiger partial charge in [0.2, 0.25) is 5.75 Å². The number of benzene rings is 2. The number of ether oxygens (including phenoxy) is 4. The summed E-state index contributed by atoms with van der Waals surface area (Å²) in [6.07, 6.45) is 3.14. The van der Waals surface area contributed by atoms with E-state index in [9.17, 15) is 4.79 Å². The monoisotopic (exact) mass is 394 g/mol. The Bertz CT molecular complexity index is 997. The number of methoxy groups -OCH3 is 4. The van der Waals surface area contributed by atoms with Gasteiger partial charge in [-0.15, -0.1) is 0 Å². The average Bonchev–Trinajstić information content (AvgIpc) is 3.25. The van der Waals surface area contributed by atoms with Gasteiger partial charge in [-0.2, -0.15) is 5.10 Å². The van der Waals surface area contributed by atoms with Crippen molar-refractivity contribution in [2.75, 3.05) is 28.4 Å². The van der Waals surface area contributed by atoms with Crippen molar-refractivity contribution in [3.05, 3.63) is 59.8 Å². The van der Waals surface area contributed by atoms with Gasteiger partial charge in [-0.25, -0.2) is 0 Å². The highest BCUT2D eigenvalue weighted by molar-refractivity contribution is 6.07. The first-order chi connectivity index (χ1) is 14.1. The molecule has 1 heterocycles. The molecule has 0 atom stereocenters. The maximum Gasteiger partial charge on any atom is 0.203 e. The summed E-state index contributed by atoms with van der Waals surface area (Å²) in [6.45, 7) is 0. The summed E-state index contributed by atoms with van der Waals surface area (Å²) >= 11 is 0. The number of nitrogens with one attached hydrogen (secondary N) is 1. The van der Waals surface area contributed by atoms with Crippen molar-refractivity contribution >= 4 is 11.9 Å². The molecule has 29 heavy (non-hydrogen) atoms. The molecule has 2 aromatic carbocycles. The molecule has 0 spiro atoms. The summed E-state index contributed by atoms with van der Waals surface area (Å²) in [5, 5.41) is 7.20. The minimum atomic E-state index is -0.204. The van der Waals surface area contributed by atoms with E-state index in [0.29, 0.717) is 28.5 Å². The second kappa shape index (κ2) is 8.97. The lowest BCUT2D eigenvalue weighted by molar-refractivity contribution is 0.104. The standard InChI is InChI=1S/C22H22N2O5/c1-26-17-8-5-14(6-9-17)18-13-16(23-24-18)7-10-19(25)15-11-20(27-2)22(29-4)21(12-15)28-3/h5-13H,1-4H3,(H,23,24)/b10-7+. The Labute approximate surface area is 168 Å². The minimum absolute atomic E-state index is 0.204. The second-order valence-electron chi connectivity index (χ2n) is 6.05. The van der Waals surface area contributed by atoms with Crippen LogP contribution in [0.15, 0.2) is 48.5 Å². The van der Waals surface area contributed by atoms with Gasteiger partial charge in [0.1, 0.15) is 5.75 Å². The molecule has 0 unspecified atom stereocenters. The zero-order valence-corrected chi connectivity index (χ0v) is 16.7. The van der Waals surface area contributed by atoms with Crippen LogP contribution in [0.5, 0.6) is 23.0 Å². The third-order valence-corrected chi connectivity index (χ3v) is 4.35. The van der Waals surface area contributed by atoms with E-state index in [4.69, 9.17) is 18.9 Å². The topological polar surface area (TPSA) is 82.7 Å². The number of aromatic nitrogens is 2. The third kappa shape index (κ3) is 4.40. The van der Waals surface area contributed by atoms with Gasteiger partial charge in [0.05, 0.1) is 39.8 Å². The number of aromatic amines is 1. The molecule has 0 fully saturated rings. The number of rotatable bonds is 8. The molecule has 0 aliphatic carbocycles. The smallest absolute Gasteiger partial charge is 0.203 e. The molecule has 0 aliphatic rings. The average molecular weight is 394 g/mol. The minimum Gasteiger partial charge on any atom is -0.497 e. The Kier molecular flexibility index (Phi) is 6.19. The molecule has 0 bridgehead atoms. The molecule has 3 aromatic rings. The SMILES string of the molecule is COc1ccc(-c2cc(/C=C/C(=O)c3cc(OC)c(OC)c(OC)c3)[nH]n2)cc1. The largest absolute Gasteiger partial charge is 0.497 e. The first kappa shape index (κ1) is 20.0. The number of hydrogen-bond donors (Lipinski definition) is 1. The van der Waals surface area contributed by atoms with Gasteiger partial charge in [0.15, 0.2) is 17.3 Å². The van der Waals surface area contributed by atoms with Gasteiger partial charge in [0.25, 0.3) is 0 Å². The van der Waals surface area contributed by atoms with Gasteiger partial charge in [-0.1, -0.05) is 0 Å². The van der Waals surface area contributed by atoms with Crippen LogP contribution in [0, 0.1) is 0 Å². The lowest BCUT2D eigenvalue weighted by atomic mass is 10.1. The zero-order chi connectivity index (χ0) is 20.8.